The van der Waals surface area contributed by atoms with Gasteiger partial charge in [-0.1, -0.05) is 17.7 Å². The Morgan fingerprint density at radius 1 is 1.43 bits per heavy atom. The van der Waals surface area contributed by atoms with Gasteiger partial charge in [-0.15, -0.1) is 0 Å². The number of anilines is 1. The van der Waals surface area contributed by atoms with Gasteiger partial charge in [0, 0.05) is 19.0 Å². The Hall–Kier alpha value is -1.95. The molecule has 126 valence electrons. The lowest BCUT2D eigenvalue weighted by Gasteiger charge is -2.35. The average molecular weight is 341 g/mol. The molecule has 2 amide bonds. The fourth-order valence-corrected chi connectivity index (χ4v) is 3.11. The third kappa shape index (κ3) is 4.51. The number of carbonyl (C=O) groups excluding carboxylic acids is 1. The minimum atomic E-state index is -0.840. The molecule has 2 rings (SSSR count). The summed E-state index contributed by atoms with van der Waals surface area (Å²) >= 11 is 6.06. The number of amides is 2. The van der Waals surface area contributed by atoms with Crippen molar-refractivity contribution in [3.63, 3.8) is 0 Å². The second-order valence-electron chi connectivity index (χ2n) is 5.53. The Bertz CT molecular complexity index is 579. The topological polar surface area (TPSA) is 78.9 Å². The van der Waals surface area contributed by atoms with E-state index in [4.69, 9.17) is 21.4 Å². The SMILES string of the molecule is COc1c(Cl)cccc1NC(=O)N1CCCCC1CCC(=O)O. The maximum atomic E-state index is 12.6. The second-order valence-corrected chi connectivity index (χ2v) is 5.93. The summed E-state index contributed by atoms with van der Waals surface area (Å²) in [5, 5.41) is 12.1. The van der Waals surface area contributed by atoms with Gasteiger partial charge in [0.1, 0.15) is 0 Å². The summed E-state index contributed by atoms with van der Waals surface area (Å²) in [5.41, 5.74) is 0.507. The summed E-state index contributed by atoms with van der Waals surface area (Å²) in [4.78, 5) is 25.1. The van der Waals surface area contributed by atoms with E-state index in [0.29, 0.717) is 29.4 Å². The monoisotopic (exact) mass is 340 g/mol. The maximum absolute atomic E-state index is 12.6. The van der Waals surface area contributed by atoms with E-state index in [1.807, 2.05) is 0 Å². The van der Waals surface area contributed by atoms with Gasteiger partial charge in [0.25, 0.3) is 0 Å². The number of likely N-dealkylation sites (tertiary alicyclic amines) is 1. The Morgan fingerprint density at radius 2 is 2.22 bits per heavy atom. The van der Waals surface area contributed by atoms with Crippen molar-refractivity contribution in [3.05, 3.63) is 23.2 Å². The second kappa shape index (κ2) is 8.06. The van der Waals surface area contributed by atoms with E-state index in [1.54, 1.807) is 23.1 Å². The number of aliphatic carboxylic acids is 1. The van der Waals surface area contributed by atoms with E-state index in [1.165, 1.54) is 7.11 Å². The van der Waals surface area contributed by atoms with Crippen molar-refractivity contribution in [1.82, 2.24) is 4.90 Å². The van der Waals surface area contributed by atoms with E-state index >= 15 is 0 Å². The molecule has 7 heteroatoms. The van der Waals surface area contributed by atoms with Crippen molar-refractivity contribution >= 4 is 29.3 Å². The molecule has 0 radical (unpaired) electrons. The molecule has 1 aliphatic rings. The Labute approximate surface area is 140 Å². The molecule has 6 nitrogen and oxygen atoms in total. The number of carbonyl (C=O) groups is 2. The lowest BCUT2D eigenvalue weighted by Crippen LogP contribution is -2.46. The molecular formula is C16H21ClN2O4. The minimum absolute atomic E-state index is 0.0509. The third-order valence-electron chi connectivity index (χ3n) is 3.99. The standard InChI is InChI=1S/C16H21ClN2O4/c1-23-15-12(17)6-4-7-13(15)18-16(22)19-10-3-2-5-11(19)8-9-14(20)21/h4,6-7,11H,2-3,5,8-10H2,1H3,(H,18,22)(H,20,21). The van der Waals surface area contributed by atoms with Crippen LogP contribution in [0.2, 0.25) is 5.02 Å². The number of piperidine rings is 1. The molecule has 1 unspecified atom stereocenters. The highest BCUT2D eigenvalue weighted by Crippen LogP contribution is 2.33. The van der Waals surface area contributed by atoms with Crippen LogP contribution in [0.1, 0.15) is 32.1 Å². The van der Waals surface area contributed by atoms with Crippen LogP contribution in [0.4, 0.5) is 10.5 Å². The molecule has 23 heavy (non-hydrogen) atoms. The zero-order chi connectivity index (χ0) is 16.8. The first-order valence-corrected chi connectivity index (χ1v) is 8.02. The minimum Gasteiger partial charge on any atom is -0.493 e. The summed E-state index contributed by atoms with van der Waals surface area (Å²) in [6.45, 7) is 0.624. The van der Waals surface area contributed by atoms with Crippen molar-refractivity contribution in [2.24, 2.45) is 0 Å². The summed E-state index contributed by atoms with van der Waals surface area (Å²) in [5.74, 6) is -0.422. The fourth-order valence-electron chi connectivity index (χ4n) is 2.86. The number of para-hydroxylation sites is 1. The first-order chi connectivity index (χ1) is 11.0. The Morgan fingerprint density at radius 3 is 2.91 bits per heavy atom. The molecule has 0 spiro atoms. The first kappa shape index (κ1) is 17.4. The molecule has 0 aromatic heterocycles. The zero-order valence-electron chi connectivity index (χ0n) is 13.0. The normalized spacial score (nSPS) is 17.7. The van der Waals surface area contributed by atoms with Crippen LogP contribution in [0.25, 0.3) is 0 Å². The quantitative estimate of drug-likeness (QED) is 0.858. The number of nitrogens with zero attached hydrogens (tertiary/aromatic N) is 1. The van der Waals surface area contributed by atoms with Gasteiger partial charge >= 0.3 is 12.0 Å². The molecule has 2 N–H and O–H groups in total. The van der Waals surface area contributed by atoms with E-state index in [-0.39, 0.29) is 18.5 Å². The molecule has 1 aliphatic heterocycles. The van der Waals surface area contributed by atoms with Crippen LogP contribution in [-0.2, 0) is 4.79 Å². The number of urea groups is 1. The lowest BCUT2D eigenvalue weighted by atomic mass is 9.98. The summed E-state index contributed by atoms with van der Waals surface area (Å²) in [6, 6.07) is 4.84. The molecule has 1 saturated heterocycles. The number of benzene rings is 1. The summed E-state index contributed by atoms with van der Waals surface area (Å²) < 4.78 is 5.23. The first-order valence-electron chi connectivity index (χ1n) is 7.65. The zero-order valence-corrected chi connectivity index (χ0v) is 13.8. The molecule has 1 atom stereocenters. The van der Waals surface area contributed by atoms with Crippen LogP contribution < -0.4 is 10.1 Å². The predicted molar refractivity (Wildman–Crippen MR) is 88.2 cm³/mol. The number of hydrogen-bond acceptors (Lipinski definition) is 3. The highest BCUT2D eigenvalue weighted by Gasteiger charge is 2.27. The van der Waals surface area contributed by atoms with Gasteiger partial charge in [-0.05, 0) is 37.8 Å². The van der Waals surface area contributed by atoms with Crippen LogP contribution in [0.15, 0.2) is 18.2 Å². The van der Waals surface area contributed by atoms with Crippen LogP contribution >= 0.6 is 11.6 Å². The number of halogens is 1. The summed E-state index contributed by atoms with van der Waals surface area (Å²) in [6.07, 6.45) is 3.29. The van der Waals surface area contributed by atoms with Gasteiger partial charge in [-0.3, -0.25) is 4.79 Å². The van der Waals surface area contributed by atoms with Crippen molar-refractivity contribution < 1.29 is 19.4 Å². The van der Waals surface area contributed by atoms with Gasteiger partial charge in [-0.2, -0.15) is 0 Å². The molecule has 0 saturated carbocycles. The Balaban J connectivity index is 2.08. The summed E-state index contributed by atoms with van der Waals surface area (Å²) in [7, 11) is 1.49. The van der Waals surface area contributed by atoms with Gasteiger partial charge in [0.15, 0.2) is 5.75 Å². The van der Waals surface area contributed by atoms with Crippen LogP contribution in [0, 0.1) is 0 Å². The smallest absolute Gasteiger partial charge is 0.322 e. The largest absolute Gasteiger partial charge is 0.493 e. The van der Waals surface area contributed by atoms with Gasteiger partial charge in [0.05, 0.1) is 17.8 Å². The van der Waals surface area contributed by atoms with E-state index < -0.39 is 5.97 Å². The maximum Gasteiger partial charge on any atom is 0.322 e. The van der Waals surface area contributed by atoms with Crippen LogP contribution in [0.3, 0.4) is 0 Å². The number of methoxy groups -OCH3 is 1. The number of hydrogen-bond donors (Lipinski definition) is 2. The predicted octanol–water partition coefficient (Wildman–Crippen LogP) is 3.60. The van der Waals surface area contributed by atoms with Gasteiger partial charge in [-0.25, -0.2) is 4.79 Å². The van der Waals surface area contributed by atoms with E-state index in [9.17, 15) is 9.59 Å². The number of rotatable bonds is 5. The highest BCUT2D eigenvalue weighted by molar-refractivity contribution is 6.32. The average Bonchev–Trinajstić information content (AvgIpc) is 2.53. The Kier molecular flexibility index (Phi) is 6.10. The van der Waals surface area contributed by atoms with Crippen molar-refractivity contribution in [2.75, 3.05) is 19.0 Å². The number of carboxylic acids is 1. The van der Waals surface area contributed by atoms with E-state index in [0.717, 1.165) is 19.3 Å². The molecule has 1 aromatic rings. The van der Waals surface area contributed by atoms with Crippen LogP contribution in [0.5, 0.6) is 5.75 Å². The fraction of sp³-hybridized carbons (Fsp3) is 0.500. The number of carboxylic acid groups (broad SMARTS) is 1. The van der Waals surface area contributed by atoms with Gasteiger partial charge < -0.3 is 20.1 Å². The van der Waals surface area contributed by atoms with Crippen molar-refractivity contribution in [3.8, 4) is 5.75 Å². The molecule has 1 fully saturated rings. The van der Waals surface area contributed by atoms with Crippen LogP contribution in [-0.4, -0.2) is 41.7 Å². The van der Waals surface area contributed by atoms with Crippen molar-refractivity contribution in [2.45, 2.75) is 38.1 Å². The molecule has 1 aromatic carbocycles. The molecule has 0 aliphatic carbocycles. The number of nitrogens with one attached hydrogen (secondary N) is 1. The van der Waals surface area contributed by atoms with Gasteiger partial charge in [0.2, 0.25) is 0 Å². The van der Waals surface area contributed by atoms with Crippen molar-refractivity contribution in [1.29, 1.82) is 0 Å². The third-order valence-corrected chi connectivity index (χ3v) is 4.29. The highest BCUT2D eigenvalue weighted by atomic mass is 35.5. The molecular weight excluding hydrogens is 320 g/mol. The molecule has 0 bridgehead atoms. The number of ether oxygens (including phenoxy) is 1. The lowest BCUT2D eigenvalue weighted by molar-refractivity contribution is -0.137. The van der Waals surface area contributed by atoms with E-state index in [2.05, 4.69) is 5.32 Å². The molecule has 1 heterocycles.